The Bertz CT molecular complexity index is 807. The van der Waals surface area contributed by atoms with Crippen LogP contribution in [0, 0.1) is 6.92 Å². The van der Waals surface area contributed by atoms with Gasteiger partial charge in [0.2, 0.25) is 5.91 Å². The van der Waals surface area contributed by atoms with E-state index in [4.69, 9.17) is 4.74 Å². The minimum absolute atomic E-state index is 0.0538. The van der Waals surface area contributed by atoms with Gasteiger partial charge in [-0.05, 0) is 36.1 Å². The molecule has 0 saturated heterocycles. The first-order chi connectivity index (χ1) is 13.2. The minimum Gasteiger partial charge on any atom is -0.484 e. The lowest BCUT2D eigenvalue weighted by atomic mass is 9.85. The molecule has 0 aliphatic heterocycles. The van der Waals surface area contributed by atoms with Gasteiger partial charge in [-0.15, -0.1) is 0 Å². The first kappa shape index (κ1) is 21.5. The average molecular weight is 383 g/mol. The van der Waals surface area contributed by atoms with Gasteiger partial charge in [-0.1, -0.05) is 56.7 Å². The Hall–Kier alpha value is -2.82. The molecule has 0 heterocycles. The third kappa shape index (κ3) is 6.12. The van der Waals surface area contributed by atoms with Gasteiger partial charge in [0.05, 0.1) is 0 Å². The molecule has 0 aliphatic carbocycles. The smallest absolute Gasteiger partial charge is 0.258 e. The Balaban J connectivity index is 1.93. The van der Waals surface area contributed by atoms with Crippen LogP contribution in [0.1, 0.15) is 38.8 Å². The monoisotopic (exact) mass is 382 g/mol. The summed E-state index contributed by atoms with van der Waals surface area (Å²) in [6.07, 6.45) is 0. The van der Waals surface area contributed by atoms with Crippen LogP contribution in [0.2, 0.25) is 0 Å². The van der Waals surface area contributed by atoms with Gasteiger partial charge in [0.15, 0.2) is 6.61 Å². The zero-order valence-corrected chi connectivity index (χ0v) is 17.4. The molecule has 0 unspecified atom stereocenters. The van der Waals surface area contributed by atoms with Crippen molar-refractivity contribution in [2.75, 3.05) is 24.6 Å². The first-order valence-electron chi connectivity index (χ1n) is 9.52. The second kappa shape index (κ2) is 9.40. The number of aryl methyl sites for hydroxylation is 1. The third-order valence-electron chi connectivity index (χ3n) is 4.43. The fraction of sp³-hybridized carbons (Fsp3) is 0.391. The standard InChI is InChI=1S/C23H30N2O3/c1-17-10-12-19(13-11-17)28-16-22(27)24-14-15-25(18(2)26)21-9-7-6-8-20(21)23(3,4)5/h6-13H,14-16H2,1-5H3,(H,24,27). The van der Waals surface area contributed by atoms with E-state index in [-0.39, 0.29) is 23.8 Å². The van der Waals surface area contributed by atoms with Crippen LogP contribution >= 0.6 is 0 Å². The van der Waals surface area contributed by atoms with Gasteiger partial charge in [0.1, 0.15) is 5.75 Å². The summed E-state index contributed by atoms with van der Waals surface area (Å²) < 4.78 is 5.48. The highest BCUT2D eigenvalue weighted by molar-refractivity contribution is 5.92. The molecule has 0 saturated carbocycles. The van der Waals surface area contributed by atoms with Gasteiger partial charge in [-0.2, -0.15) is 0 Å². The van der Waals surface area contributed by atoms with Crippen LogP contribution in [0.3, 0.4) is 0 Å². The van der Waals surface area contributed by atoms with Crippen molar-refractivity contribution in [3.63, 3.8) is 0 Å². The number of benzene rings is 2. The minimum atomic E-state index is -0.215. The van der Waals surface area contributed by atoms with Gasteiger partial charge >= 0.3 is 0 Å². The molecule has 2 amide bonds. The zero-order valence-electron chi connectivity index (χ0n) is 17.4. The SMILES string of the molecule is CC(=O)N(CCNC(=O)COc1ccc(C)cc1)c1ccccc1C(C)(C)C. The molecule has 0 radical (unpaired) electrons. The van der Waals surface area contributed by atoms with E-state index in [9.17, 15) is 9.59 Å². The number of hydrogen-bond donors (Lipinski definition) is 1. The molecule has 0 spiro atoms. The molecule has 2 aromatic carbocycles. The summed E-state index contributed by atoms with van der Waals surface area (Å²) in [4.78, 5) is 26.0. The highest BCUT2D eigenvalue weighted by Gasteiger charge is 2.22. The van der Waals surface area contributed by atoms with Crippen LogP contribution in [0.5, 0.6) is 5.75 Å². The molecule has 0 aliphatic rings. The quantitative estimate of drug-likeness (QED) is 0.791. The normalized spacial score (nSPS) is 11.0. The number of ether oxygens (including phenoxy) is 1. The lowest BCUT2D eigenvalue weighted by Crippen LogP contribution is -2.40. The van der Waals surface area contributed by atoms with Crippen molar-refractivity contribution in [2.45, 2.75) is 40.0 Å². The van der Waals surface area contributed by atoms with Gasteiger partial charge in [-0.25, -0.2) is 0 Å². The van der Waals surface area contributed by atoms with Crippen LogP contribution in [0.25, 0.3) is 0 Å². The first-order valence-corrected chi connectivity index (χ1v) is 9.52. The molecule has 28 heavy (non-hydrogen) atoms. The Labute approximate surface area is 167 Å². The van der Waals surface area contributed by atoms with E-state index in [0.717, 1.165) is 16.8 Å². The summed E-state index contributed by atoms with van der Waals surface area (Å²) in [5, 5.41) is 2.82. The van der Waals surface area contributed by atoms with E-state index in [1.807, 2.05) is 55.5 Å². The topological polar surface area (TPSA) is 58.6 Å². The molecule has 2 aromatic rings. The number of para-hydroxylation sites is 1. The maximum absolute atomic E-state index is 12.2. The molecule has 1 N–H and O–H groups in total. The fourth-order valence-electron chi connectivity index (χ4n) is 2.93. The largest absolute Gasteiger partial charge is 0.484 e. The molecule has 2 rings (SSSR count). The van der Waals surface area contributed by atoms with Crippen LogP contribution in [0.4, 0.5) is 5.69 Å². The van der Waals surface area contributed by atoms with Crippen molar-refractivity contribution in [3.8, 4) is 5.75 Å². The van der Waals surface area contributed by atoms with Crippen molar-refractivity contribution in [2.24, 2.45) is 0 Å². The summed E-state index contributed by atoms with van der Waals surface area (Å²) in [5.74, 6) is 0.389. The average Bonchev–Trinajstić information content (AvgIpc) is 2.64. The predicted octanol–water partition coefficient (Wildman–Crippen LogP) is 3.84. The molecule has 5 heteroatoms. The molecule has 0 fully saturated rings. The second-order valence-corrected chi connectivity index (χ2v) is 7.89. The van der Waals surface area contributed by atoms with E-state index >= 15 is 0 Å². The number of hydrogen-bond acceptors (Lipinski definition) is 3. The summed E-state index contributed by atoms with van der Waals surface area (Å²) in [6, 6.07) is 15.4. The Morgan fingerprint density at radius 2 is 1.68 bits per heavy atom. The number of nitrogens with one attached hydrogen (secondary N) is 1. The van der Waals surface area contributed by atoms with Crippen molar-refractivity contribution < 1.29 is 14.3 Å². The fourth-order valence-corrected chi connectivity index (χ4v) is 2.93. The maximum atomic E-state index is 12.2. The molecule has 0 aromatic heterocycles. The van der Waals surface area contributed by atoms with Gasteiger partial charge in [0.25, 0.3) is 5.91 Å². The van der Waals surface area contributed by atoms with Crippen molar-refractivity contribution in [1.82, 2.24) is 5.32 Å². The van der Waals surface area contributed by atoms with E-state index < -0.39 is 0 Å². The van der Waals surface area contributed by atoms with Crippen LogP contribution in [-0.4, -0.2) is 31.5 Å². The lowest BCUT2D eigenvalue weighted by molar-refractivity contribution is -0.123. The van der Waals surface area contributed by atoms with E-state index in [1.54, 1.807) is 11.8 Å². The van der Waals surface area contributed by atoms with Gasteiger partial charge in [0, 0.05) is 25.7 Å². The van der Waals surface area contributed by atoms with Gasteiger partial charge in [-0.3, -0.25) is 9.59 Å². The lowest BCUT2D eigenvalue weighted by Gasteiger charge is -2.29. The second-order valence-electron chi connectivity index (χ2n) is 7.89. The molecule has 0 bridgehead atoms. The predicted molar refractivity (Wildman–Crippen MR) is 113 cm³/mol. The number of anilines is 1. The van der Waals surface area contributed by atoms with Crippen LogP contribution < -0.4 is 15.0 Å². The summed E-state index contributed by atoms with van der Waals surface area (Å²) >= 11 is 0. The molecular weight excluding hydrogens is 352 g/mol. The number of amides is 2. The van der Waals surface area contributed by atoms with E-state index in [0.29, 0.717) is 18.8 Å². The molecule has 0 atom stereocenters. The summed E-state index contributed by atoms with van der Waals surface area (Å²) in [5.41, 5.74) is 3.03. The van der Waals surface area contributed by atoms with Crippen LogP contribution in [0.15, 0.2) is 48.5 Å². The van der Waals surface area contributed by atoms with Crippen LogP contribution in [-0.2, 0) is 15.0 Å². The summed E-state index contributed by atoms with van der Waals surface area (Å²) in [7, 11) is 0. The number of carbonyl (C=O) groups is 2. The Morgan fingerprint density at radius 1 is 1.04 bits per heavy atom. The molecular formula is C23H30N2O3. The van der Waals surface area contributed by atoms with Crippen molar-refractivity contribution in [1.29, 1.82) is 0 Å². The number of carbonyl (C=O) groups excluding carboxylic acids is 2. The number of rotatable bonds is 7. The zero-order chi connectivity index (χ0) is 20.7. The Kier molecular flexibility index (Phi) is 7.21. The third-order valence-corrected chi connectivity index (χ3v) is 4.43. The van der Waals surface area contributed by atoms with Gasteiger partial charge < -0.3 is 15.0 Å². The Morgan fingerprint density at radius 3 is 2.29 bits per heavy atom. The molecule has 5 nitrogen and oxygen atoms in total. The van der Waals surface area contributed by atoms with Crippen molar-refractivity contribution in [3.05, 3.63) is 59.7 Å². The van der Waals surface area contributed by atoms with E-state index in [2.05, 4.69) is 26.1 Å². The highest BCUT2D eigenvalue weighted by atomic mass is 16.5. The van der Waals surface area contributed by atoms with E-state index in [1.165, 1.54) is 0 Å². The summed E-state index contributed by atoms with van der Waals surface area (Å²) in [6.45, 7) is 10.6. The number of nitrogens with zero attached hydrogens (tertiary/aromatic N) is 1. The van der Waals surface area contributed by atoms with Crippen molar-refractivity contribution >= 4 is 17.5 Å². The molecule has 150 valence electrons. The maximum Gasteiger partial charge on any atom is 0.258 e. The highest BCUT2D eigenvalue weighted by Crippen LogP contribution is 2.31.